The van der Waals surface area contributed by atoms with Crippen LogP contribution in [-0.2, 0) is 14.3 Å². The van der Waals surface area contributed by atoms with Gasteiger partial charge >= 0.3 is 0 Å². The van der Waals surface area contributed by atoms with Gasteiger partial charge in [0.05, 0.1) is 30.5 Å². The van der Waals surface area contributed by atoms with Crippen molar-refractivity contribution < 1.29 is 14.3 Å². The van der Waals surface area contributed by atoms with Crippen molar-refractivity contribution >= 4 is 52.1 Å². The zero-order chi connectivity index (χ0) is 20.4. The molecule has 0 saturated carbocycles. The Kier molecular flexibility index (Phi) is 5.94. The topological polar surface area (TPSA) is 61.9 Å². The lowest BCUT2D eigenvalue weighted by molar-refractivity contribution is -0.122. The predicted octanol–water partition coefficient (Wildman–Crippen LogP) is 3.82. The minimum atomic E-state index is -0.446. The Labute approximate surface area is 179 Å². The summed E-state index contributed by atoms with van der Waals surface area (Å²) in [6.07, 6.45) is 0.159. The number of benzene rings is 2. The SMILES string of the molecule is O=C(Nc1cc(Cl)ccc1N1CCOCC1)C1CC(=O)N(c2cccc(Cl)c2)C1. The number of hydrogen-bond acceptors (Lipinski definition) is 4. The summed E-state index contributed by atoms with van der Waals surface area (Å²) in [5.74, 6) is -0.732. The van der Waals surface area contributed by atoms with Gasteiger partial charge in [0.15, 0.2) is 0 Å². The Morgan fingerprint density at radius 2 is 1.83 bits per heavy atom. The summed E-state index contributed by atoms with van der Waals surface area (Å²) < 4.78 is 5.41. The molecule has 2 saturated heterocycles. The second-order valence-corrected chi connectivity index (χ2v) is 8.01. The summed E-state index contributed by atoms with van der Waals surface area (Å²) in [6.45, 7) is 3.09. The highest BCUT2D eigenvalue weighted by atomic mass is 35.5. The maximum atomic E-state index is 12.9. The minimum Gasteiger partial charge on any atom is -0.378 e. The number of amides is 2. The number of nitrogens with zero attached hydrogens (tertiary/aromatic N) is 2. The van der Waals surface area contributed by atoms with Crippen molar-refractivity contribution in [3.63, 3.8) is 0 Å². The molecular weight excluding hydrogens is 413 g/mol. The lowest BCUT2D eigenvalue weighted by Crippen LogP contribution is -2.37. The molecule has 2 aromatic rings. The fraction of sp³-hybridized carbons (Fsp3) is 0.333. The van der Waals surface area contributed by atoms with E-state index in [0.717, 1.165) is 18.8 Å². The van der Waals surface area contributed by atoms with Crippen LogP contribution in [0, 0.1) is 5.92 Å². The molecule has 0 aromatic heterocycles. The fourth-order valence-corrected chi connectivity index (χ4v) is 4.06. The number of anilines is 3. The fourth-order valence-electron chi connectivity index (χ4n) is 3.70. The second kappa shape index (κ2) is 8.61. The quantitative estimate of drug-likeness (QED) is 0.795. The van der Waals surface area contributed by atoms with Crippen molar-refractivity contribution in [1.82, 2.24) is 0 Å². The van der Waals surface area contributed by atoms with Crippen LogP contribution in [0.2, 0.25) is 10.0 Å². The van der Waals surface area contributed by atoms with Crippen LogP contribution in [0.1, 0.15) is 6.42 Å². The zero-order valence-electron chi connectivity index (χ0n) is 15.7. The number of hydrogen-bond donors (Lipinski definition) is 1. The molecule has 0 radical (unpaired) electrons. The molecule has 0 spiro atoms. The Bertz CT molecular complexity index is 931. The van der Waals surface area contributed by atoms with Crippen LogP contribution in [0.3, 0.4) is 0 Å². The molecule has 2 heterocycles. The first-order valence-corrected chi connectivity index (χ1v) is 10.3. The molecule has 29 heavy (non-hydrogen) atoms. The molecule has 4 rings (SSSR count). The number of rotatable bonds is 4. The van der Waals surface area contributed by atoms with Crippen LogP contribution in [0.5, 0.6) is 0 Å². The molecule has 1 unspecified atom stereocenters. The Morgan fingerprint density at radius 3 is 2.59 bits per heavy atom. The van der Waals surface area contributed by atoms with Crippen molar-refractivity contribution in [3.8, 4) is 0 Å². The summed E-state index contributed by atoms with van der Waals surface area (Å²) >= 11 is 12.2. The van der Waals surface area contributed by atoms with Crippen LogP contribution in [0.25, 0.3) is 0 Å². The predicted molar refractivity (Wildman–Crippen MR) is 115 cm³/mol. The third-order valence-corrected chi connectivity index (χ3v) is 5.65. The normalized spacial score (nSPS) is 19.5. The molecule has 2 aromatic carbocycles. The van der Waals surface area contributed by atoms with Gasteiger partial charge in [0, 0.05) is 41.8 Å². The lowest BCUT2D eigenvalue weighted by atomic mass is 10.1. The summed E-state index contributed by atoms with van der Waals surface area (Å²) in [7, 11) is 0. The standard InChI is InChI=1S/C21H21Cl2N3O3/c22-15-2-1-3-17(11-15)26-13-14(10-20(26)27)21(28)24-18-12-16(23)4-5-19(18)25-6-8-29-9-7-25/h1-5,11-12,14H,6-10,13H2,(H,24,28). The summed E-state index contributed by atoms with van der Waals surface area (Å²) in [4.78, 5) is 29.2. The molecule has 2 fully saturated rings. The van der Waals surface area contributed by atoms with Gasteiger partial charge in [-0.3, -0.25) is 9.59 Å². The zero-order valence-corrected chi connectivity index (χ0v) is 17.2. The van der Waals surface area contributed by atoms with Gasteiger partial charge < -0.3 is 19.9 Å². The highest BCUT2D eigenvalue weighted by Gasteiger charge is 2.35. The third-order valence-electron chi connectivity index (χ3n) is 5.18. The number of nitrogens with one attached hydrogen (secondary N) is 1. The molecule has 2 aliphatic heterocycles. The summed E-state index contributed by atoms with van der Waals surface area (Å²) in [5, 5.41) is 4.08. The number of ether oxygens (including phenoxy) is 1. The van der Waals surface area contributed by atoms with Gasteiger partial charge in [-0.05, 0) is 36.4 Å². The Morgan fingerprint density at radius 1 is 1.07 bits per heavy atom. The van der Waals surface area contributed by atoms with Gasteiger partial charge in [-0.1, -0.05) is 29.3 Å². The number of carbonyl (C=O) groups excluding carboxylic acids is 2. The van der Waals surface area contributed by atoms with Crippen molar-refractivity contribution in [2.45, 2.75) is 6.42 Å². The average Bonchev–Trinajstić information content (AvgIpc) is 3.11. The molecule has 0 aliphatic carbocycles. The van der Waals surface area contributed by atoms with Crippen molar-refractivity contribution in [1.29, 1.82) is 0 Å². The van der Waals surface area contributed by atoms with Crippen LogP contribution in [0.15, 0.2) is 42.5 Å². The molecule has 0 bridgehead atoms. The van der Waals surface area contributed by atoms with Crippen molar-refractivity contribution in [2.75, 3.05) is 48.0 Å². The maximum absolute atomic E-state index is 12.9. The van der Waals surface area contributed by atoms with E-state index in [1.54, 1.807) is 29.2 Å². The highest BCUT2D eigenvalue weighted by molar-refractivity contribution is 6.31. The van der Waals surface area contributed by atoms with E-state index in [1.807, 2.05) is 18.2 Å². The molecule has 8 heteroatoms. The monoisotopic (exact) mass is 433 g/mol. The van der Waals surface area contributed by atoms with E-state index in [4.69, 9.17) is 27.9 Å². The van der Waals surface area contributed by atoms with Crippen LogP contribution < -0.4 is 15.1 Å². The molecule has 1 N–H and O–H groups in total. The molecule has 6 nitrogen and oxygen atoms in total. The number of morpholine rings is 1. The Balaban J connectivity index is 1.50. The second-order valence-electron chi connectivity index (χ2n) is 7.14. The molecule has 2 aliphatic rings. The van der Waals surface area contributed by atoms with E-state index in [9.17, 15) is 9.59 Å². The van der Waals surface area contributed by atoms with Crippen LogP contribution in [-0.4, -0.2) is 44.7 Å². The van der Waals surface area contributed by atoms with Crippen molar-refractivity contribution in [3.05, 3.63) is 52.5 Å². The molecule has 152 valence electrons. The largest absolute Gasteiger partial charge is 0.378 e. The minimum absolute atomic E-state index is 0.0908. The number of halogens is 2. The molecular formula is C21H21Cl2N3O3. The first-order chi connectivity index (χ1) is 14.0. The Hall–Kier alpha value is -2.28. The average molecular weight is 434 g/mol. The summed E-state index contributed by atoms with van der Waals surface area (Å²) in [5.41, 5.74) is 2.26. The first kappa shape index (κ1) is 20.0. The van der Waals surface area contributed by atoms with Gasteiger partial charge in [0.1, 0.15) is 0 Å². The number of carbonyl (C=O) groups is 2. The van der Waals surface area contributed by atoms with Gasteiger partial charge in [-0.15, -0.1) is 0 Å². The smallest absolute Gasteiger partial charge is 0.229 e. The van der Waals surface area contributed by atoms with Gasteiger partial charge in [0.25, 0.3) is 0 Å². The first-order valence-electron chi connectivity index (χ1n) is 9.50. The van der Waals surface area contributed by atoms with E-state index >= 15 is 0 Å². The lowest BCUT2D eigenvalue weighted by Gasteiger charge is -2.30. The molecule has 2 amide bonds. The van der Waals surface area contributed by atoms with E-state index in [2.05, 4.69) is 10.2 Å². The third kappa shape index (κ3) is 4.50. The van der Waals surface area contributed by atoms with Crippen LogP contribution >= 0.6 is 23.2 Å². The molecule has 1 atom stereocenters. The van der Waals surface area contributed by atoms with Crippen molar-refractivity contribution in [2.24, 2.45) is 5.92 Å². The van der Waals surface area contributed by atoms with Gasteiger partial charge in [-0.25, -0.2) is 0 Å². The highest BCUT2D eigenvalue weighted by Crippen LogP contribution is 2.32. The van der Waals surface area contributed by atoms with Crippen LogP contribution in [0.4, 0.5) is 17.1 Å². The van der Waals surface area contributed by atoms with E-state index in [0.29, 0.717) is 41.2 Å². The summed E-state index contributed by atoms with van der Waals surface area (Å²) in [6, 6.07) is 12.5. The van der Waals surface area contributed by atoms with E-state index in [1.165, 1.54) is 0 Å². The maximum Gasteiger partial charge on any atom is 0.229 e. The van der Waals surface area contributed by atoms with Gasteiger partial charge in [-0.2, -0.15) is 0 Å². The van der Waals surface area contributed by atoms with E-state index < -0.39 is 5.92 Å². The van der Waals surface area contributed by atoms with Gasteiger partial charge in [0.2, 0.25) is 11.8 Å². The van der Waals surface area contributed by atoms with E-state index in [-0.39, 0.29) is 18.2 Å².